The fraction of sp³-hybridized carbons (Fsp3) is 0.167. The van der Waals surface area contributed by atoms with E-state index in [1.165, 1.54) is 11.1 Å². The smallest absolute Gasteiger partial charge is 0.244 e. The number of benzene rings is 3. The summed E-state index contributed by atoms with van der Waals surface area (Å²) >= 11 is 12.1. The topological polar surface area (TPSA) is 50.7 Å². The Morgan fingerprint density at radius 3 is 2.47 bits per heavy atom. The largest absolute Gasteiger partial charge is 0.489 e. The van der Waals surface area contributed by atoms with Crippen molar-refractivity contribution >= 4 is 35.3 Å². The molecule has 0 fully saturated rings. The number of nitrogens with zero attached hydrogens (tertiary/aromatic N) is 1. The van der Waals surface area contributed by atoms with Gasteiger partial charge in [-0.05, 0) is 72.5 Å². The molecule has 1 N–H and O–H groups in total. The maximum Gasteiger partial charge on any atom is 0.244 e. The fourth-order valence-electron chi connectivity index (χ4n) is 2.77. The van der Waals surface area contributed by atoms with Crippen molar-refractivity contribution in [2.75, 3.05) is 0 Å². The molecule has 0 unspecified atom stereocenters. The second kappa shape index (κ2) is 10.3. The van der Waals surface area contributed by atoms with E-state index in [-0.39, 0.29) is 5.91 Å². The number of rotatable bonds is 7. The van der Waals surface area contributed by atoms with Gasteiger partial charge in [0, 0.05) is 15.6 Å². The Balaban J connectivity index is 1.49. The van der Waals surface area contributed by atoms with Crippen LogP contribution >= 0.6 is 23.2 Å². The molecular weight excluding hydrogens is 419 g/mol. The van der Waals surface area contributed by atoms with E-state index in [1.807, 2.05) is 62.4 Å². The van der Waals surface area contributed by atoms with Crippen LogP contribution in [0.5, 0.6) is 5.75 Å². The van der Waals surface area contributed by atoms with Crippen LogP contribution < -0.4 is 10.2 Å². The van der Waals surface area contributed by atoms with Gasteiger partial charge >= 0.3 is 0 Å². The molecule has 3 rings (SSSR count). The Kier molecular flexibility index (Phi) is 7.50. The molecule has 3 aromatic rings. The molecule has 0 spiro atoms. The summed E-state index contributed by atoms with van der Waals surface area (Å²) in [5.74, 6) is 0.547. The number of hydrazone groups is 1. The van der Waals surface area contributed by atoms with Gasteiger partial charge in [-0.1, -0.05) is 47.5 Å². The molecule has 0 aromatic heterocycles. The lowest BCUT2D eigenvalue weighted by Crippen LogP contribution is -2.19. The number of carbonyl (C=O) groups is 1. The summed E-state index contributed by atoms with van der Waals surface area (Å²) in [6.45, 7) is 4.43. The Morgan fingerprint density at radius 1 is 1.00 bits per heavy atom. The number of carbonyl (C=O) groups excluding carboxylic acids is 1. The van der Waals surface area contributed by atoms with Crippen molar-refractivity contribution in [2.45, 2.75) is 26.9 Å². The Morgan fingerprint density at radius 2 is 1.77 bits per heavy atom. The molecule has 0 aliphatic carbocycles. The molecule has 3 aromatic carbocycles. The van der Waals surface area contributed by atoms with Gasteiger partial charge in [-0.25, -0.2) is 5.43 Å². The van der Waals surface area contributed by atoms with Crippen molar-refractivity contribution in [1.82, 2.24) is 5.43 Å². The number of aryl methyl sites for hydroxylation is 2. The third-order valence-corrected chi connectivity index (χ3v) is 5.22. The second-order valence-electron chi connectivity index (χ2n) is 6.98. The molecule has 0 bridgehead atoms. The minimum atomic E-state index is -0.158. The summed E-state index contributed by atoms with van der Waals surface area (Å²) in [6, 6.07) is 18.7. The van der Waals surface area contributed by atoms with Gasteiger partial charge in [-0.3, -0.25) is 4.79 Å². The van der Waals surface area contributed by atoms with Crippen LogP contribution in [-0.2, 0) is 17.8 Å². The predicted molar refractivity (Wildman–Crippen MR) is 123 cm³/mol. The standard InChI is InChI=1S/C24H22Cl2N2O2/c1-16-3-4-19(11-17(16)2)12-24(29)28-27-14-18-5-9-22(10-6-18)30-15-20-7-8-21(25)13-23(20)26/h3-11,13-14H,12,15H2,1-2H3,(H,28,29)/b27-14-. The van der Waals surface area contributed by atoms with Crippen molar-refractivity contribution in [2.24, 2.45) is 5.10 Å². The van der Waals surface area contributed by atoms with Gasteiger partial charge < -0.3 is 4.74 Å². The molecular formula is C24H22Cl2N2O2. The van der Waals surface area contributed by atoms with E-state index in [4.69, 9.17) is 27.9 Å². The van der Waals surface area contributed by atoms with Crippen molar-refractivity contribution in [1.29, 1.82) is 0 Å². The first-order valence-electron chi connectivity index (χ1n) is 9.45. The van der Waals surface area contributed by atoms with E-state index in [0.717, 1.165) is 16.7 Å². The SMILES string of the molecule is Cc1ccc(CC(=O)N/N=C\c2ccc(OCc3ccc(Cl)cc3Cl)cc2)cc1C. The Labute approximate surface area is 186 Å². The summed E-state index contributed by atoms with van der Waals surface area (Å²) in [4.78, 5) is 12.1. The van der Waals surface area contributed by atoms with E-state index in [1.54, 1.807) is 18.3 Å². The molecule has 0 saturated carbocycles. The number of nitrogens with one attached hydrogen (secondary N) is 1. The highest BCUT2D eigenvalue weighted by atomic mass is 35.5. The Bertz CT molecular complexity index is 1060. The molecule has 0 radical (unpaired) electrons. The highest BCUT2D eigenvalue weighted by Crippen LogP contribution is 2.22. The van der Waals surface area contributed by atoms with Gasteiger partial charge in [0.2, 0.25) is 5.91 Å². The predicted octanol–water partition coefficient (Wildman–Crippen LogP) is 5.88. The van der Waals surface area contributed by atoms with Crippen LogP contribution in [-0.4, -0.2) is 12.1 Å². The number of halogens is 2. The Hall–Kier alpha value is -2.82. The summed E-state index contributed by atoms with van der Waals surface area (Å²) in [6.07, 6.45) is 1.89. The van der Waals surface area contributed by atoms with E-state index < -0.39 is 0 Å². The molecule has 154 valence electrons. The molecule has 6 heteroatoms. The molecule has 0 aliphatic rings. The fourth-order valence-corrected chi connectivity index (χ4v) is 3.23. The normalized spacial score (nSPS) is 10.9. The van der Waals surface area contributed by atoms with Crippen molar-refractivity contribution in [3.8, 4) is 5.75 Å². The summed E-state index contributed by atoms with van der Waals surface area (Å²) in [5.41, 5.74) is 7.61. The first-order chi connectivity index (χ1) is 14.4. The molecule has 0 atom stereocenters. The van der Waals surface area contributed by atoms with Crippen LogP contribution in [0.2, 0.25) is 10.0 Å². The number of hydrogen-bond donors (Lipinski definition) is 1. The van der Waals surface area contributed by atoms with Crippen molar-refractivity contribution in [3.63, 3.8) is 0 Å². The number of ether oxygens (including phenoxy) is 1. The minimum Gasteiger partial charge on any atom is -0.489 e. The van der Waals surface area contributed by atoms with Crippen LogP contribution in [0.1, 0.15) is 27.8 Å². The quantitative estimate of drug-likeness (QED) is 0.368. The lowest BCUT2D eigenvalue weighted by atomic mass is 10.0. The summed E-state index contributed by atoms with van der Waals surface area (Å²) < 4.78 is 5.75. The first-order valence-corrected chi connectivity index (χ1v) is 10.2. The zero-order valence-electron chi connectivity index (χ0n) is 16.8. The van der Waals surface area contributed by atoms with Gasteiger partial charge in [0.15, 0.2) is 0 Å². The van der Waals surface area contributed by atoms with E-state index in [2.05, 4.69) is 10.5 Å². The minimum absolute atomic E-state index is 0.158. The molecule has 0 heterocycles. The third kappa shape index (κ3) is 6.34. The molecule has 0 saturated heterocycles. The monoisotopic (exact) mass is 440 g/mol. The van der Waals surface area contributed by atoms with E-state index >= 15 is 0 Å². The van der Waals surface area contributed by atoms with Crippen LogP contribution in [0, 0.1) is 13.8 Å². The van der Waals surface area contributed by atoms with Crippen LogP contribution in [0.4, 0.5) is 0 Å². The maximum absolute atomic E-state index is 12.1. The zero-order chi connectivity index (χ0) is 21.5. The van der Waals surface area contributed by atoms with Crippen molar-refractivity contribution in [3.05, 3.63) is 98.5 Å². The molecule has 30 heavy (non-hydrogen) atoms. The summed E-state index contributed by atoms with van der Waals surface area (Å²) in [5, 5.41) is 5.19. The highest BCUT2D eigenvalue weighted by Gasteiger charge is 2.04. The molecule has 1 amide bonds. The van der Waals surface area contributed by atoms with E-state index in [9.17, 15) is 4.79 Å². The maximum atomic E-state index is 12.1. The highest BCUT2D eigenvalue weighted by molar-refractivity contribution is 6.35. The average Bonchev–Trinajstić information content (AvgIpc) is 2.71. The van der Waals surface area contributed by atoms with Gasteiger partial charge in [-0.2, -0.15) is 5.10 Å². The number of amides is 1. The van der Waals surface area contributed by atoms with Crippen LogP contribution in [0.25, 0.3) is 0 Å². The lowest BCUT2D eigenvalue weighted by molar-refractivity contribution is -0.120. The number of hydrogen-bond acceptors (Lipinski definition) is 3. The summed E-state index contributed by atoms with van der Waals surface area (Å²) in [7, 11) is 0. The zero-order valence-corrected chi connectivity index (χ0v) is 18.3. The van der Waals surface area contributed by atoms with Crippen LogP contribution in [0.15, 0.2) is 65.8 Å². The van der Waals surface area contributed by atoms with Crippen LogP contribution in [0.3, 0.4) is 0 Å². The van der Waals surface area contributed by atoms with Gasteiger partial charge in [0.25, 0.3) is 0 Å². The van der Waals surface area contributed by atoms with E-state index in [0.29, 0.717) is 28.8 Å². The lowest BCUT2D eigenvalue weighted by Gasteiger charge is -2.08. The van der Waals surface area contributed by atoms with Crippen molar-refractivity contribution < 1.29 is 9.53 Å². The second-order valence-corrected chi connectivity index (χ2v) is 7.83. The van der Waals surface area contributed by atoms with Gasteiger partial charge in [0.05, 0.1) is 12.6 Å². The molecule has 0 aliphatic heterocycles. The average molecular weight is 441 g/mol. The molecule has 4 nitrogen and oxygen atoms in total. The van der Waals surface area contributed by atoms with Gasteiger partial charge in [0.1, 0.15) is 12.4 Å². The first kappa shape index (κ1) is 21.9. The van der Waals surface area contributed by atoms with Gasteiger partial charge in [-0.15, -0.1) is 0 Å². The third-order valence-electron chi connectivity index (χ3n) is 4.63.